The highest BCUT2D eigenvalue weighted by molar-refractivity contribution is 5.86. The Labute approximate surface area is 161 Å². The lowest BCUT2D eigenvalue weighted by Crippen LogP contribution is -2.29. The monoisotopic (exact) mass is 400 g/mol. The third-order valence-electron chi connectivity index (χ3n) is 4.26. The topological polar surface area (TPSA) is 76.1 Å². The van der Waals surface area contributed by atoms with E-state index >= 15 is 0 Å². The molecule has 8 heteroatoms. The first-order valence-corrected chi connectivity index (χ1v) is 7.73. The van der Waals surface area contributed by atoms with Crippen LogP contribution in [0.1, 0.15) is 64.2 Å². The lowest BCUT2D eigenvalue weighted by atomic mass is 9.89. The van der Waals surface area contributed by atoms with Crippen LogP contribution in [0.3, 0.4) is 0 Å². The van der Waals surface area contributed by atoms with E-state index in [4.69, 9.17) is 11.7 Å². The van der Waals surface area contributed by atoms with E-state index in [1.165, 1.54) is 64.2 Å². The van der Waals surface area contributed by atoms with Crippen molar-refractivity contribution in [2.75, 3.05) is 13.1 Å². The van der Waals surface area contributed by atoms with E-state index in [2.05, 4.69) is 10.9 Å². The molecule has 0 aromatic heterocycles. The molecule has 0 aliphatic heterocycles. The van der Waals surface area contributed by atoms with Gasteiger partial charge in [-0.25, -0.2) is 0 Å². The number of nitrogens with one attached hydrogen (secondary N) is 2. The highest BCUT2D eigenvalue weighted by Gasteiger charge is 2.12. The number of hydrogen-bond donors (Lipinski definition) is 4. The van der Waals surface area contributed by atoms with Crippen molar-refractivity contribution in [3.63, 3.8) is 0 Å². The average Bonchev–Trinajstić information content (AvgIpc) is 2.43. The van der Waals surface area contributed by atoms with Gasteiger partial charge in [-0.15, -0.1) is 49.6 Å². The molecule has 2 aliphatic carbocycles. The summed E-state index contributed by atoms with van der Waals surface area (Å²) in [5, 5.41) is 0. The molecule has 0 bridgehead atoms. The van der Waals surface area contributed by atoms with Gasteiger partial charge < -0.3 is 0 Å². The van der Waals surface area contributed by atoms with E-state index in [9.17, 15) is 0 Å². The zero-order chi connectivity index (χ0) is 13.1. The van der Waals surface area contributed by atoms with Crippen LogP contribution in [0.5, 0.6) is 0 Å². The molecule has 0 saturated heterocycles. The van der Waals surface area contributed by atoms with Crippen LogP contribution in [0.25, 0.3) is 0 Å². The molecule has 22 heavy (non-hydrogen) atoms. The SMILES string of the molecule is Cl.Cl.Cl.Cl.NNCC1CCCCC1.NNCC1CCCCC1. The Morgan fingerprint density at radius 3 is 1.05 bits per heavy atom. The van der Waals surface area contributed by atoms with Gasteiger partial charge >= 0.3 is 0 Å². The fourth-order valence-electron chi connectivity index (χ4n) is 3.12. The van der Waals surface area contributed by atoms with Crippen molar-refractivity contribution in [2.24, 2.45) is 23.5 Å². The smallest absolute Gasteiger partial charge is 0.0126 e. The van der Waals surface area contributed by atoms with Crippen molar-refractivity contribution in [3.05, 3.63) is 0 Å². The van der Waals surface area contributed by atoms with Crippen molar-refractivity contribution < 1.29 is 0 Å². The Morgan fingerprint density at radius 1 is 0.545 bits per heavy atom. The first kappa shape index (κ1) is 30.8. The molecule has 0 heterocycles. The van der Waals surface area contributed by atoms with Crippen LogP contribution in [0, 0.1) is 11.8 Å². The molecule has 0 atom stereocenters. The molecule has 0 spiro atoms. The average molecular weight is 402 g/mol. The molecule has 0 radical (unpaired) electrons. The molecule has 0 unspecified atom stereocenters. The molecule has 0 aromatic rings. The number of rotatable bonds is 4. The maximum absolute atomic E-state index is 5.21. The van der Waals surface area contributed by atoms with E-state index < -0.39 is 0 Å². The van der Waals surface area contributed by atoms with Crippen molar-refractivity contribution >= 4 is 49.6 Å². The number of nitrogens with two attached hydrogens (primary N) is 2. The molecule has 4 nitrogen and oxygen atoms in total. The Hall–Kier alpha value is 1.000. The minimum Gasteiger partial charge on any atom is -0.271 e. The van der Waals surface area contributed by atoms with E-state index in [-0.39, 0.29) is 49.6 Å². The minimum atomic E-state index is 0. The predicted molar refractivity (Wildman–Crippen MR) is 107 cm³/mol. The van der Waals surface area contributed by atoms with Gasteiger partial charge in [0.25, 0.3) is 0 Å². The van der Waals surface area contributed by atoms with Crippen LogP contribution in [0.4, 0.5) is 0 Å². The summed E-state index contributed by atoms with van der Waals surface area (Å²) in [5.74, 6) is 12.1. The summed E-state index contributed by atoms with van der Waals surface area (Å²) >= 11 is 0. The van der Waals surface area contributed by atoms with Gasteiger partial charge in [-0.1, -0.05) is 38.5 Å². The van der Waals surface area contributed by atoms with Crippen molar-refractivity contribution in [1.29, 1.82) is 0 Å². The summed E-state index contributed by atoms with van der Waals surface area (Å²) < 4.78 is 0. The second-order valence-corrected chi connectivity index (χ2v) is 5.82. The van der Waals surface area contributed by atoms with E-state index in [0.717, 1.165) is 24.9 Å². The Bertz CT molecular complexity index is 164. The highest BCUT2D eigenvalue weighted by atomic mass is 35.5. The Balaban J connectivity index is -0.000000125. The van der Waals surface area contributed by atoms with Gasteiger partial charge in [-0.3, -0.25) is 22.5 Å². The largest absolute Gasteiger partial charge is 0.271 e. The normalized spacial score (nSPS) is 18.3. The first-order chi connectivity index (χ1) is 8.86. The second-order valence-electron chi connectivity index (χ2n) is 5.82. The summed E-state index contributed by atoms with van der Waals surface area (Å²) in [7, 11) is 0. The zero-order valence-corrected chi connectivity index (χ0v) is 16.7. The number of hydrogen-bond acceptors (Lipinski definition) is 4. The van der Waals surface area contributed by atoms with Gasteiger partial charge in [-0.05, 0) is 37.5 Å². The predicted octanol–water partition coefficient (Wildman–Crippen LogP) is 3.75. The number of hydrazine groups is 2. The molecular formula is C14H36Cl4N4. The summed E-state index contributed by atoms with van der Waals surface area (Å²) in [5.41, 5.74) is 5.47. The maximum Gasteiger partial charge on any atom is 0.0126 e. The van der Waals surface area contributed by atoms with Gasteiger partial charge in [0.1, 0.15) is 0 Å². The molecule has 0 amide bonds. The van der Waals surface area contributed by atoms with Gasteiger partial charge in [0, 0.05) is 13.1 Å². The second kappa shape index (κ2) is 22.0. The zero-order valence-electron chi connectivity index (χ0n) is 13.4. The van der Waals surface area contributed by atoms with Crippen LogP contribution in [0.15, 0.2) is 0 Å². The van der Waals surface area contributed by atoms with Crippen LogP contribution < -0.4 is 22.5 Å². The molecule has 2 rings (SSSR count). The molecule has 2 saturated carbocycles. The Morgan fingerprint density at radius 2 is 0.818 bits per heavy atom. The van der Waals surface area contributed by atoms with Crippen LogP contribution in [-0.4, -0.2) is 13.1 Å². The van der Waals surface area contributed by atoms with E-state index in [1.807, 2.05) is 0 Å². The third-order valence-corrected chi connectivity index (χ3v) is 4.26. The fraction of sp³-hybridized carbons (Fsp3) is 1.00. The van der Waals surface area contributed by atoms with E-state index in [0.29, 0.717) is 0 Å². The quantitative estimate of drug-likeness (QED) is 0.427. The first-order valence-electron chi connectivity index (χ1n) is 7.73. The minimum absolute atomic E-state index is 0. The number of halogens is 4. The molecular weight excluding hydrogens is 366 g/mol. The maximum atomic E-state index is 5.21. The van der Waals surface area contributed by atoms with Crippen LogP contribution >= 0.6 is 49.6 Å². The van der Waals surface area contributed by atoms with Crippen molar-refractivity contribution in [2.45, 2.75) is 64.2 Å². The fourth-order valence-corrected chi connectivity index (χ4v) is 3.12. The standard InChI is InChI=1S/2C7H16N2.4ClH/c2*8-9-6-7-4-2-1-3-5-7;;;;/h2*7,9H,1-6,8H2;4*1H. The highest BCUT2D eigenvalue weighted by Crippen LogP contribution is 2.22. The lowest BCUT2D eigenvalue weighted by Gasteiger charge is -2.20. The third kappa shape index (κ3) is 15.9. The molecule has 0 aromatic carbocycles. The van der Waals surface area contributed by atoms with Crippen LogP contribution in [0.2, 0.25) is 0 Å². The van der Waals surface area contributed by atoms with Gasteiger partial charge in [0.05, 0.1) is 0 Å². The van der Waals surface area contributed by atoms with Gasteiger partial charge in [0.2, 0.25) is 0 Å². The summed E-state index contributed by atoms with van der Waals surface area (Å²) in [6, 6.07) is 0. The molecule has 2 fully saturated rings. The van der Waals surface area contributed by atoms with Gasteiger partial charge in [-0.2, -0.15) is 0 Å². The lowest BCUT2D eigenvalue weighted by molar-refractivity contribution is 0.344. The summed E-state index contributed by atoms with van der Waals surface area (Å²) in [4.78, 5) is 0. The van der Waals surface area contributed by atoms with E-state index in [1.54, 1.807) is 0 Å². The molecule has 2 aliphatic rings. The van der Waals surface area contributed by atoms with Crippen LogP contribution in [-0.2, 0) is 0 Å². The summed E-state index contributed by atoms with van der Waals surface area (Å²) in [6.07, 6.45) is 14.0. The molecule has 140 valence electrons. The summed E-state index contributed by atoms with van der Waals surface area (Å²) in [6.45, 7) is 2.03. The van der Waals surface area contributed by atoms with Gasteiger partial charge in [0.15, 0.2) is 0 Å². The van der Waals surface area contributed by atoms with Crippen molar-refractivity contribution in [3.8, 4) is 0 Å². The van der Waals surface area contributed by atoms with Crippen molar-refractivity contribution in [1.82, 2.24) is 10.9 Å². The molecule has 6 N–H and O–H groups in total. The Kier molecular flexibility index (Phi) is 30.8.